The predicted molar refractivity (Wildman–Crippen MR) is 64.6 cm³/mol. The van der Waals surface area contributed by atoms with E-state index in [1.165, 1.54) is 13.3 Å². The Hall–Kier alpha value is -2.51. The second-order valence-corrected chi connectivity index (χ2v) is 3.67. The second kappa shape index (κ2) is 5.89. The van der Waals surface area contributed by atoms with Crippen LogP contribution >= 0.6 is 0 Å². The molecule has 0 saturated heterocycles. The monoisotopic (exact) mass is 263 g/mol. The predicted octanol–water partition coefficient (Wildman–Crippen LogP) is 0.609. The molecule has 2 heterocycles. The second-order valence-electron chi connectivity index (χ2n) is 3.67. The van der Waals surface area contributed by atoms with E-state index >= 15 is 0 Å². The zero-order valence-electron chi connectivity index (χ0n) is 10.6. The van der Waals surface area contributed by atoms with Crippen LogP contribution < -0.4 is 5.32 Å². The fourth-order valence-corrected chi connectivity index (χ4v) is 1.39. The summed E-state index contributed by atoms with van der Waals surface area (Å²) in [6.07, 6.45) is 2.05. The molecule has 0 unspecified atom stereocenters. The lowest BCUT2D eigenvalue weighted by molar-refractivity contribution is 0.0587. The van der Waals surface area contributed by atoms with Crippen molar-refractivity contribution in [3.63, 3.8) is 0 Å². The maximum absolute atomic E-state index is 11.3. The highest BCUT2D eigenvalue weighted by molar-refractivity contribution is 5.85. The molecule has 2 aromatic rings. The molecule has 2 rings (SSSR count). The van der Waals surface area contributed by atoms with E-state index in [9.17, 15) is 4.79 Å². The molecule has 0 aromatic carbocycles. The number of nitrogens with one attached hydrogen (secondary N) is 1. The summed E-state index contributed by atoms with van der Waals surface area (Å²) in [6, 6.07) is 1.66. The van der Waals surface area contributed by atoms with Gasteiger partial charge in [-0.2, -0.15) is 4.98 Å². The molecule has 8 nitrogen and oxygen atoms in total. The standard InChI is InChI=1S/C11H13N5O3/c1-7-14-9(19-16-7)4-6-12-8-3-5-13-10(15-8)11(17)18-2/h3,5H,4,6H2,1-2H3,(H,12,13,15). The third-order valence-corrected chi connectivity index (χ3v) is 2.24. The molecule has 0 spiro atoms. The summed E-state index contributed by atoms with van der Waals surface area (Å²) in [5.74, 6) is 1.13. The summed E-state index contributed by atoms with van der Waals surface area (Å²) in [4.78, 5) is 23.2. The number of carbonyl (C=O) groups is 1. The Kier molecular flexibility index (Phi) is 4.01. The van der Waals surface area contributed by atoms with E-state index in [1.54, 1.807) is 13.0 Å². The van der Waals surface area contributed by atoms with Crippen LogP contribution in [0.3, 0.4) is 0 Å². The molecule has 2 aromatic heterocycles. The topological polar surface area (TPSA) is 103 Å². The van der Waals surface area contributed by atoms with Gasteiger partial charge in [-0.1, -0.05) is 5.16 Å². The summed E-state index contributed by atoms with van der Waals surface area (Å²) in [5, 5.41) is 6.73. The lowest BCUT2D eigenvalue weighted by Crippen LogP contribution is -2.11. The Morgan fingerprint density at radius 2 is 2.32 bits per heavy atom. The maximum atomic E-state index is 11.3. The number of anilines is 1. The van der Waals surface area contributed by atoms with E-state index in [0.717, 1.165) is 0 Å². The summed E-state index contributed by atoms with van der Waals surface area (Å²) < 4.78 is 9.52. The van der Waals surface area contributed by atoms with Crippen LogP contribution in [-0.4, -0.2) is 39.7 Å². The third kappa shape index (κ3) is 3.47. The van der Waals surface area contributed by atoms with Crippen LogP contribution in [0.15, 0.2) is 16.8 Å². The quantitative estimate of drug-likeness (QED) is 0.782. The molecule has 0 saturated carbocycles. The van der Waals surface area contributed by atoms with Crippen molar-refractivity contribution in [2.75, 3.05) is 19.0 Å². The minimum atomic E-state index is -0.573. The molecule has 100 valence electrons. The van der Waals surface area contributed by atoms with Crippen molar-refractivity contribution in [3.8, 4) is 0 Å². The Morgan fingerprint density at radius 3 is 3.00 bits per heavy atom. The minimum Gasteiger partial charge on any atom is -0.463 e. The molecule has 0 amide bonds. The summed E-state index contributed by atoms with van der Waals surface area (Å²) >= 11 is 0. The number of nitrogens with zero attached hydrogens (tertiary/aromatic N) is 4. The van der Waals surface area contributed by atoms with Gasteiger partial charge in [-0.25, -0.2) is 14.8 Å². The van der Waals surface area contributed by atoms with Crippen LogP contribution in [0.25, 0.3) is 0 Å². The number of methoxy groups -OCH3 is 1. The van der Waals surface area contributed by atoms with E-state index in [2.05, 4.69) is 30.2 Å². The molecule has 0 atom stereocenters. The highest BCUT2D eigenvalue weighted by Crippen LogP contribution is 2.04. The van der Waals surface area contributed by atoms with Crippen LogP contribution in [0.4, 0.5) is 5.82 Å². The molecule has 0 bridgehead atoms. The van der Waals surface area contributed by atoms with Gasteiger partial charge in [-0.15, -0.1) is 0 Å². The number of esters is 1. The van der Waals surface area contributed by atoms with Crippen LogP contribution in [0, 0.1) is 6.92 Å². The van der Waals surface area contributed by atoms with Crippen molar-refractivity contribution in [3.05, 3.63) is 29.8 Å². The first-order valence-corrected chi connectivity index (χ1v) is 5.63. The Labute approximate surface area is 109 Å². The number of carbonyl (C=O) groups excluding carboxylic acids is 1. The SMILES string of the molecule is COC(=O)c1nccc(NCCc2nc(C)no2)n1. The van der Waals surface area contributed by atoms with Gasteiger partial charge >= 0.3 is 5.97 Å². The molecule has 0 radical (unpaired) electrons. The molecule has 0 aliphatic rings. The van der Waals surface area contributed by atoms with Gasteiger partial charge < -0.3 is 14.6 Å². The summed E-state index contributed by atoms with van der Waals surface area (Å²) in [5.41, 5.74) is 0. The number of rotatable bonds is 5. The lowest BCUT2D eigenvalue weighted by atomic mass is 10.4. The zero-order valence-corrected chi connectivity index (χ0v) is 10.6. The molecule has 19 heavy (non-hydrogen) atoms. The maximum Gasteiger partial charge on any atom is 0.376 e. The molecular formula is C11H13N5O3. The van der Waals surface area contributed by atoms with Gasteiger partial charge in [0.2, 0.25) is 11.7 Å². The molecule has 1 N–H and O–H groups in total. The molecule has 0 fully saturated rings. The van der Waals surface area contributed by atoms with Gasteiger partial charge in [-0.05, 0) is 13.0 Å². The van der Waals surface area contributed by atoms with Crippen molar-refractivity contribution in [1.82, 2.24) is 20.1 Å². The van der Waals surface area contributed by atoms with E-state index in [4.69, 9.17) is 4.52 Å². The smallest absolute Gasteiger partial charge is 0.376 e. The van der Waals surface area contributed by atoms with E-state index in [-0.39, 0.29) is 5.82 Å². The normalized spacial score (nSPS) is 10.2. The van der Waals surface area contributed by atoms with Gasteiger partial charge in [-0.3, -0.25) is 0 Å². The van der Waals surface area contributed by atoms with Crippen molar-refractivity contribution in [2.24, 2.45) is 0 Å². The first kappa shape index (κ1) is 12.9. The fourth-order valence-electron chi connectivity index (χ4n) is 1.39. The molecule has 8 heteroatoms. The zero-order chi connectivity index (χ0) is 13.7. The van der Waals surface area contributed by atoms with Crippen molar-refractivity contribution in [2.45, 2.75) is 13.3 Å². The fraction of sp³-hybridized carbons (Fsp3) is 0.364. The molecular weight excluding hydrogens is 250 g/mol. The van der Waals surface area contributed by atoms with Gasteiger partial charge in [0.1, 0.15) is 5.82 Å². The van der Waals surface area contributed by atoms with Gasteiger partial charge in [0.25, 0.3) is 0 Å². The van der Waals surface area contributed by atoms with Gasteiger partial charge in [0.15, 0.2) is 5.82 Å². The number of ether oxygens (including phenoxy) is 1. The highest BCUT2D eigenvalue weighted by Gasteiger charge is 2.09. The average molecular weight is 263 g/mol. The van der Waals surface area contributed by atoms with Crippen molar-refractivity contribution >= 4 is 11.8 Å². The van der Waals surface area contributed by atoms with E-state index in [0.29, 0.717) is 30.5 Å². The largest absolute Gasteiger partial charge is 0.463 e. The van der Waals surface area contributed by atoms with E-state index < -0.39 is 5.97 Å². The third-order valence-electron chi connectivity index (χ3n) is 2.24. The van der Waals surface area contributed by atoms with Crippen LogP contribution in [0.5, 0.6) is 0 Å². The number of hydrogen-bond acceptors (Lipinski definition) is 8. The van der Waals surface area contributed by atoms with Crippen molar-refractivity contribution in [1.29, 1.82) is 0 Å². The summed E-state index contributed by atoms with van der Waals surface area (Å²) in [7, 11) is 1.28. The van der Waals surface area contributed by atoms with Gasteiger partial charge in [0, 0.05) is 19.2 Å². The van der Waals surface area contributed by atoms with Crippen LogP contribution in [-0.2, 0) is 11.2 Å². The Balaban J connectivity index is 1.90. The number of aryl methyl sites for hydroxylation is 1. The van der Waals surface area contributed by atoms with Crippen LogP contribution in [0.2, 0.25) is 0 Å². The summed E-state index contributed by atoms with van der Waals surface area (Å²) in [6.45, 7) is 2.31. The molecule has 0 aliphatic carbocycles. The highest BCUT2D eigenvalue weighted by atomic mass is 16.5. The van der Waals surface area contributed by atoms with E-state index in [1.807, 2.05) is 0 Å². The molecule has 0 aliphatic heterocycles. The Bertz CT molecular complexity index is 569. The lowest BCUT2D eigenvalue weighted by Gasteiger charge is -2.04. The first-order chi connectivity index (χ1) is 9.19. The minimum absolute atomic E-state index is 0.0149. The van der Waals surface area contributed by atoms with Crippen LogP contribution in [0.1, 0.15) is 22.3 Å². The van der Waals surface area contributed by atoms with Crippen molar-refractivity contribution < 1.29 is 14.1 Å². The first-order valence-electron chi connectivity index (χ1n) is 5.63. The number of hydrogen-bond donors (Lipinski definition) is 1. The number of aromatic nitrogens is 4. The van der Waals surface area contributed by atoms with Gasteiger partial charge in [0.05, 0.1) is 7.11 Å². The Morgan fingerprint density at radius 1 is 1.47 bits per heavy atom. The average Bonchev–Trinajstić information content (AvgIpc) is 2.84.